The summed E-state index contributed by atoms with van der Waals surface area (Å²) in [4.78, 5) is 16.5. The van der Waals surface area contributed by atoms with Crippen molar-refractivity contribution < 1.29 is 14.3 Å². The minimum absolute atomic E-state index is 0.266. The highest BCUT2D eigenvalue weighted by Crippen LogP contribution is 2.38. The minimum Gasteiger partial charge on any atom is -0.368 e. The van der Waals surface area contributed by atoms with E-state index in [1.54, 1.807) is 18.2 Å². The third-order valence-corrected chi connectivity index (χ3v) is 5.87. The second kappa shape index (κ2) is 7.96. The molecular weight excluding hydrogens is 373 g/mol. The summed E-state index contributed by atoms with van der Waals surface area (Å²) in [6.45, 7) is 5.95. The zero-order chi connectivity index (χ0) is 20.5. The number of benzene rings is 1. The molecule has 2 aliphatic rings. The molecule has 1 aromatic heterocycles. The lowest BCUT2D eigenvalue weighted by Gasteiger charge is -2.38. The van der Waals surface area contributed by atoms with Gasteiger partial charge in [0.15, 0.2) is 6.23 Å². The molecule has 8 heteroatoms. The van der Waals surface area contributed by atoms with Crippen LogP contribution in [0.25, 0.3) is 5.70 Å². The van der Waals surface area contributed by atoms with Crippen LogP contribution in [-0.4, -0.2) is 51.9 Å². The van der Waals surface area contributed by atoms with Crippen molar-refractivity contribution in [3.63, 3.8) is 0 Å². The summed E-state index contributed by atoms with van der Waals surface area (Å²) >= 11 is 0. The number of fused-ring (bicyclic) bond motifs is 1. The third kappa shape index (κ3) is 3.77. The number of aliphatic hydroxyl groups is 1. The van der Waals surface area contributed by atoms with Crippen molar-refractivity contribution in [1.29, 1.82) is 0 Å². The first-order valence-corrected chi connectivity index (χ1v) is 10.0. The molecule has 29 heavy (non-hydrogen) atoms. The smallest absolute Gasteiger partial charge is 0.254 e. The predicted molar refractivity (Wildman–Crippen MR) is 109 cm³/mol. The highest BCUT2D eigenvalue weighted by Gasteiger charge is 2.33. The number of hydrogen-bond acceptors (Lipinski definition) is 5. The van der Waals surface area contributed by atoms with Crippen LogP contribution in [0.4, 0.5) is 10.2 Å². The van der Waals surface area contributed by atoms with Crippen LogP contribution in [0.2, 0.25) is 0 Å². The first kappa shape index (κ1) is 19.6. The number of rotatable bonds is 5. The summed E-state index contributed by atoms with van der Waals surface area (Å²) in [6, 6.07) is 6.13. The first-order chi connectivity index (χ1) is 14.0. The minimum atomic E-state index is -1.03. The van der Waals surface area contributed by atoms with Gasteiger partial charge in [0.1, 0.15) is 17.2 Å². The molecule has 1 amide bonds. The average Bonchev–Trinajstić information content (AvgIpc) is 3.17. The van der Waals surface area contributed by atoms with Crippen molar-refractivity contribution in [1.82, 2.24) is 14.7 Å². The van der Waals surface area contributed by atoms with Gasteiger partial charge in [-0.3, -0.25) is 4.79 Å². The van der Waals surface area contributed by atoms with Crippen LogP contribution in [0.5, 0.6) is 0 Å². The van der Waals surface area contributed by atoms with E-state index in [0.717, 1.165) is 43.7 Å². The van der Waals surface area contributed by atoms with Crippen LogP contribution < -0.4 is 10.6 Å². The van der Waals surface area contributed by atoms with E-state index in [-0.39, 0.29) is 11.4 Å². The Labute approximate surface area is 169 Å². The van der Waals surface area contributed by atoms with Crippen molar-refractivity contribution in [3.8, 4) is 0 Å². The molecule has 2 aromatic rings. The molecule has 1 aromatic carbocycles. The van der Waals surface area contributed by atoms with Crippen molar-refractivity contribution in [2.45, 2.75) is 26.0 Å². The Morgan fingerprint density at radius 1 is 1.28 bits per heavy atom. The van der Waals surface area contributed by atoms with E-state index in [4.69, 9.17) is 5.73 Å². The van der Waals surface area contributed by atoms with E-state index >= 15 is 0 Å². The van der Waals surface area contributed by atoms with Crippen molar-refractivity contribution in [2.24, 2.45) is 11.7 Å². The Bertz CT molecular complexity index is 916. The Hall–Kier alpha value is -2.71. The lowest BCUT2D eigenvalue weighted by atomic mass is 9.95. The van der Waals surface area contributed by atoms with E-state index in [2.05, 4.69) is 16.9 Å². The number of hydrogen-bond donors (Lipinski definition) is 2. The van der Waals surface area contributed by atoms with Crippen LogP contribution in [0, 0.1) is 11.7 Å². The molecule has 0 aliphatic carbocycles. The zero-order valence-corrected chi connectivity index (χ0v) is 16.5. The van der Waals surface area contributed by atoms with Crippen LogP contribution in [-0.2, 0) is 0 Å². The van der Waals surface area contributed by atoms with Crippen molar-refractivity contribution in [3.05, 3.63) is 53.5 Å². The Kier molecular flexibility index (Phi) is 5.38. The van der Waals surface area contributed by atoms with Gasteiger partial charge in [0.05, 0.1) is 11.9 Å². The number of aliphatic hydroxyl groups excluding tert-OH is 1. The standard InChI is InChI=1S/C21H26FN5O2/c1-2-25-9-7-14(8-10-25)13-26-18(15-3-5-16(22)6-4-15)11-19(28)27-21(26)17(12-24-27)20(23)29/h3-6,11-12,14,19,28H,2,7-10,13H2,1H3,(H2,23,29). The Morgan fingerprint density at radius 2 is 1.97 bits per heavy atom. The summed E-state index contributed by atoms with van der Waals surface area (Å²) in [5.41, 5.74) is 7.34. The molecule has 1 atom stereocenters. The molecule has 0 spiro atoms. The molecule has 3 heterocycles. The summed E-state index contributed by atoms with van der Waals surface area (Å²) in [7, 11) is 0. The maximum absolute atomic E-state index is 13.5. The van der Waals surface area contributed by atoms with Gasteiger partial charge in [0.2, 0.25) is 0 Å². The summed E-state index contributed by atoms with van der Waals surface area (Å²) in [6.07, 6.45) is 4.14. The summed E-state index contributed by atoms with van der Waals surface area (Å²) in [5.74, 6) is -0.0117. The molecule has 3 N–H and O–H groups in total. The first-order valence-electron chi connectivity index (χ1n) is 10.0. The number of anilines is 1. The van der Waals surface area contributed by atoms with Crippen LogP contribution >= 0.6 is 0 Å². The van der Waals surface area contributed by atoms with Gasteiger partial charge in [-0.1, -0.05) is 6.92 Å². The number of carbonyl (C=O) groups is 1. The Balaban J connectivity index is 1.72. The van der Waals surface area contributed by atoms with Crippen LogP contribution in [0.15, 0.2) is 36.5 Å². The molecule has 0 saturated carbocycles. The number of aromatic nitrogens is 2. The van der Waals surface area contributed by atoms with E-state index < -0.39 is 12.1 Å². The number of primary amides is 1. The fourth-order valence-corrected chi connectivity index (χ4v) is 4.21. The number of nitrogens with zero attached hydrogens (tertiary/aromatic N) is 4. The number of piperidine rings is 1. The maximum atomic E-state index is 13.5. The van der Waals surface area contributed by atoms with Gasteiger partial charge in [0, 0.05) is 6.54 Å². The van der Waals surface area contributed by atoms with E-state index in [9.17, 15) is 14.3 Å². The lowest BCUT2D eigenvalue weighted by Crippen LogP contribution is -2.40. The van der Waals surface area contributed by atoms with E-state index in [1.807, 2.05) is 4.90 Å². The number of halogens is 1. The molecular formula is C21H26FN5O2. The molecule has 2 aliphatic heterocycles. The number of likely N-dealkylation sites (tertiary alicyclic amines) is 1. The highest BCUT2D eigenvalue weighted by atomic mass is 19.1. The number of amides is 1. The summed E-state index contributed by atoms with van der Waals surface area (Å²) in [5, 5.41) is 14.8. The van der Waals surface area contributed by atoms with Crippen LogP contribution in [0.3, 0.4) is 0 Å². The van der Waals surface area contributed by atoms with Gasteiger partial charge in [-0.25, -0.2) is 9.07 Å². The number of nitrogens with two attached hydrogens (primary N) is 1. The van der Waals surface area contributed by atoms with Crippen LogP contribution in [0.1, 0.15) is 41.9 Å². The van der Waals surface area contributed by atoms with Gasteiger partial charge in [-0.15, -0.1) is 0 Å². The van der Waals surface area contributed by atoms with Gasteiger partial charge in [-0.2, -0.15) is 5.10 Å². The fourth-order valence-electron chi connectivity index (χ4n) is 4.21. The van der Waals surface area contributed by atoms with Gasteiger partial charge in [-0.05, 0) is 74.3 Å². The molecule has 154 valence electrons. The highest BCUT2D eigenvalue weighted by molar-refractivity contribution is 6.00. The zero-order valence-electron chi connectivity index (χ0n) is 16.5. The van der Waals surface area contributed by atoms with E-state index in [0.29, 0.717) is 18.3 Å². The van der Waals surface area contributed by atoms with Gasteiger partial charge < -0.3 is 20.6 Å². The molecule has 0 bridgehead atoms. The number of carbonyl (C=O) groups excluding carboxylic acids is 1. The maximum Gasteiger partial charge on any atom is 0.254 e. The van der Waals surface area contributed by atoms with E-state index in [1.165, 1.54) is 23.0 Å². The third-order valence-electron chi connectivity index (χ3n) is 5.87. The fraction of sp³-hybridized carbons (Fsp3) is 0.429. The SMILES string of the molecule is CCN1CCC(CN2C(c3ccc(F)cc3)=CC(O)n3ncc(C(N)=O)c32)CC1. The van der Waals surface area contributed by atoms with Crippen molar-refractivity contribution >= 4 is 17.4 Å². The quantitative estimate of drug-likeness (QED) is 0.805. The molecule has 1 unspecified atom stereocenters. The molecule has 1 fully saturated rings. The second-order valence-electron chi connectivity index (χ2n) is 7.65. The monoisotopic (exact) mass is 399 g/mol. The van der Waals surface area contributed by atoms with Crippen molar-refractivity contribution in [2.75, 3.05) is 31.1 Å². The molecule has 1 saturated heterocycles. The average molecular weight is 399 g/mol. The molecule has 7 nitrogen and oxygen atoms in total. The predicted octanol–water partition coefficient (Wildman–Crippen LogP) is 2.21. The lowest BCUT2D eigenvalue weighted by molar-refractivity contribution is 0.1000. The normalized spacial score (nSPS) is 20.4. The molecule has 0 radical (unpaired) electrons. The van der Waals surface area contributed by atoms with Gasteiger partial charge in [0.25, 0.3) is 5.91 Å². The Morgan fingerprint density at radius 3 is 2.59 bits per heavy atom. The second-order valence-corrected chi connectivity index (χ2v) is 7.65. The largest absolute Gasteiger partial charge is 0.368 e. The molecule has 4 rings (SSSR count). The topological polar surface area (TPSA) is 87.6 Å². The van der Waals surface area contributed by atoms with Gasteiger partial charge >= 0.3 is 0 Å². The summed E-state index contributed by atoms with van der Waals surface area (Å²) < 4.78 is 14.9.